The van der Waals surface area contributed by atoms with Gasteiger partial charge in [0.2, 0.25) is 0 Å². The van der Waals surface area contributed by atoms with Crippen LogP contribution in [0.1, 0.15) is 32.6 Å². The van der Waals surface area contributed by atoms with Crippen LogP contribution < -0.4 is 0 Å². The number of rotatable bonds is 9. The zero-order valence-corrected chi connectivity index (χ0v) is 9.37. The van der Waals surface area contributed by atoms with Crippen LogP contribution in [0.15, 0.2) is 24.8 Å². The quantitative estimate of drug-likeness (QED) is 0.321. The molecule has 0 spiro atoms. The van der Waals surface area contributed by atoms with E-state index in [1.54, 1.807) is 13.2 Å². The van der Waals surface area contributed by atoms with Gasteiger partial charge in [0.15, 0.2) is 0 Å². The molecule has 0 aliphatic rings. The van der Waals surface area contributed by atoms with Crippen molar-refractivity contribution in [2.45, 2.75) is 38.7 Å². The molecule has 0 aromatic heterocycles. The number of hydrogen-bond donors (Lipinski definition) is 0. The van der Waals surface area contributed by atoms with Crippen molar-refractivity contribution in [2.24, 2.45) is 0 Å². The second-order valence-electron chi connectivity index (χ2n) is 3.23. The molecule has 0 aliphatic carbocycles. The molecule has 0 amide bonds. The molecule has 0 saturated carbocycles. The highest BCUT2D eigenvalue weighted by atomic mass is 16.7. The van der Waals surface area contributed by atoms with E-state index < -0.39 is 0 Å². The molecule has 0 aliphatic heterocycles. The minimum atomic E-state index is 0.166. The van der Waals surface area contributed by atoms with Gasteiger partial charge in [-0.15, -0.1) is 0 Å². The van der Waals surface area contributed by atoms with Gasteiger partial charge in [0.05, 0.1) is 6.10 Å². The first kappa shape index (κ1) is 13.4. The second-order valence-corrected chi connectivity index (χ2v) is 3.23. The maximum atomic E-state index is 5.48. The predicted octanol–water partition coefficient (Wildman–Crippen LogP) is 3.30. The smallest absolute Gasteiger partial charge is 0.147 e. The van der Waals surface area contributed by atoms with E-state index in [9.17, 15) is 0 Å². The minimum Gasteiger partial charge on any atom is -0.359 e. The molecule has 2 heteroatoms. The highest BCUT2D eigenvalue weighted by Crippen LogP contribution is 2.08. The van der Waals surface area contributed by atoms with Gasteiger partial charge in [0, 0.05) is 7.11 Å². The van der Waals surface area contributed by atoms with E-state index in [0.717, 1.165) is 6.42 Å². The third kappa shape index (κ3) is 8.02. The van der Waals surface area contributed by atoms with Crippen LogP contribution in [0.2, 0.25) is 0 Å². The van der Waals surface area contributed by atoms with Gasteiger partial charge in [-0.3, -0.25) is 0 Å². The van der Waals surface area contributed by atoms with Crippen LogP contribution in [-0.2, 0) is 9.47 Å². The number of methoxy groups -OCH3 is 1. The zero-order chi connectivity index (χ0) is 10.6. The number of allylic oxidation sites excluding steroid dienone is 2. The molecule has 0 heterocycles. The fraction of sp³-hybridized carbons (Fsp3) is 0.667. The highest BCUT2D eigenvalue weighted by molar-refractivity contribution is 5.00. The summed E-state index contributed by atoms with van der Waals surface area (Å²) in [5.41, 5.74) is 0. The van der Waals surface area contributed by atoms with Crippen molar-refractivity contribution in [1.82, 2.24) is 0 Å². The summed E-state index contributed by atoms with van der Waals surface area (Å²) in [5, 5.41) is 0. The Morgan fingerprint density at radius 3 is 2.71 bits per heavy atom. The van der Waals surface area contributed by atoms with Gasteiger partial charge in [-0.25, -0.2) is 0 Å². The average Bonchev–Trinajstić information content (AvgIpc) is 2.21. The Morgan fingerprint density at radius 1 is 1.36 bits per heavy atom. The highest BCUT2D eigenvalue weighted by Gasteiger charge is 2.03. The molecule has 0 bridgehead atoms. The summed E-state index contributed by atoms with van der Waals surface area (Å²) in [7, 11) is 1.64. The zero-order valence-electron chi connectivity index (χ0n) is 9.37. The van der Waals surface area contributed by atoms with E-state index in [-0.39, 0.29) is 6.10 Å². The number of hydrogen-bond acceptors (Lipinski definition) is 2. The number of unbranched alkanes of at least 4 members (excludes halogenated alkanes) is 2. The molecule has 0 saturated heterocycles. The molecule has 14 heavy (non-hydrogen) atoms. The minimum absolute atomic E-state index is 0.166. The lowest BCUT2D eigenvalue weighted by Gasteiger charge is -2.12. The molecule has 82 valence electrons. The Labute approximate surface area is 87.6 Å². The van der Waals surface area contributed by atoms with E-state index >= 15 is 0 Å². The molecular formula is C12H22O2. The first-order chi connectivity index (χ1) is 6.85. The largest absolute Gasteiger partial charge is 0.359 e. The Bertz CT molecular complexity index is 152. The molecule has 0 aromatic carbocycles. The van der Waals surface area contributed by atoms with Crippen LogP contribution in [0.4, 0.5) is 0 Å². The van der Waals surface area contributed by atoms with Crippen molar-refractivity contribution in [3.63, 3.8) is 0 Å². The van der Waals surface area contributed by atoms with Crippen molar-refractivity contribution < 1.29 is 9.47 Å². The summed E-state index contributed by atoms with van der Waals surface area (Å²) < 4.78 is 10.4. The van der Waals surface area contributed by atoms with E-state index in [2.05, 4.69) is 13.5 Å². The molecule has 0 fully saturated rings. The monoisotopic (exact) mass is 198 g/mol. The Hall–Kier alpha value is -0.600. The van der Waals surface area contributed by atoms with Gasteiger partial charge in [-0.1, -0.05) is 51.0 Å². The predicted molar refractivity (Wildman–Crippen MR) is 60.2 cm³/mol. The van der Waals surface area contributed by atoms with E-state index in [0.29, 0.717) is 6.79 Å². The van der Waals surface area contributed by atoms with Crippen LogP contribution in [0.3, 0.4) is 0 Å². The standard InChI is InChI=1S/C12H22O2/c1-4-6-8-10-12(9-7-5-2)14-11-13-3/h5,7,9,12H,2,4,6,8,10-11H2,1,3H3/b9-7+. The lowest BCUT2D eigenvalue weighted by Crippen LogP contribution is -2.11. The molecule has 1 unspecified atom stereocenters. The summed E-state index contributed by atoms with van der Waals surface area (Å²) in [4.78, 5) is 0. The summed E-state index contributed by atoms with van der Waals surface area (Å²) in [6.07, 6.45) is 10.6. The van der Waals surface area contributed by atoms with Gasteiger partial charge in [0.25, 0.3) is 0 Å². The third-order valence-corrected chi connectivity index (χ3v) is 1.95. The van der Waals surface area contributed by atoms with Crippen molar-refractivity contribution in [1.29, 1.82) is 0 Å². The van der Waals surface area contributed by atoms with E-state index in [1.807, 2.05) is 12.2 Å². The molecule has 0 aromatic rings. The normalized spacial score (nSPS) is 13.3. The summed E-state index contributed by atoms with van der Waals surface area (Å²) in [5.74, 6) is 0. The first-order valence-corrected chi connectivity index (χ1v) is 5.24. The van der Waals surface area contributed by atoms with Crippen LogP contribution in [0.5, 0.6) is 0 Å². The third-order valence-electron chi connectivity index (χ3n) is 1.95. The lowest BCUT2D eigenvalue weighted by molar-refractivity contribution is -0.0579. The number of ether oxygens (including phenoxy) is 2. The summed E-state index contributed by atoms with van der Waals surface area (Å²) >= 11 is 0. The van der Waals surface area contributed by atoms with E-state index in [4.69, 9.17) is 9.47 Å². The summed E-state index contributed by atoms with van der Waals surface area (Å²) in [6.45, 7) is 6.19. The Kier molecular flexibility index (Phi) is 10.0. The SMILES string of the molecule is C=C/C=C/C(CCCCC)OCOC. The lowest BCUT2D eigenvalue weighted by atomic mass is 10.1. The maximum absolute atomic E-state index is 5.48. The molecule has 2 nitrogen and oxygen atoms in total. The Morgan fingerprint density at radius 2 is 2.14 bits per heavy atom. The molecule has 0 rings (SSSR count). The molecular weight excluding hydrogens is 176 g/mol. The van der Waals surface area contributed by atoms with E-state index in [1.165, 1.54) is 19.3 Å². The second kappa shape index (κ2) is 10.5. The van der Waals surface area contributed by atoms with Gasteiger partial charge >= 0.3 is 0 Å². The van der Waals surface area contributed by atoms with Crippen molar-refractivity contribution in [3.05, 3.63) is 24.8 Å². The van der Waals surface area contributed by atoms with Crippen LogP contribution >= 0.6 is 0 Å². The average molecular weight is 198 g/mol. The molecule has 0 N–H and O–H groups in total. The molecule has 1 atom stereocenters. The summed E-state index contributed by atoms with van der Waals surface area (Å²) in [6, 6.07) is 0. The van der Waals surface area contributed by atoms with Crippen molar-refractivity contribution in [2.75, 3.05) is 13.9 Å². The van der Waals surface area contributed by atoms with Gasteiger partial charge in [-0.2, -0.15) is 0 Å². The fourth-order valence-corrected chi connectivity index (χ4v) is 1.19. The van der Waals surface area contributed by atoms with Gasteiger partial charge in [-0.05, 0) is 6.42 Å². The topological polar surface area (TPSA) is 18.5 Å². The van der Waals surface area contributed by atoms with Crippen LogP contribution in [0, 0.1) is 0 Å². The fourth-order valence-electron chi connectivity index (χ4n) is 1.19. The first-order valence-electron chi connectivity index (χ1n) is 5.24. The van der Waals surface area contributed by atoms with Crippen LogP contribution in [0.25, 0.3) is 0 Å². The van der Waals surface area contributed by atoms with Crippen LogP contribution in [-0.4, -0.2) is 20.0 Å². The van der Waals surface area contributed by atoms with Crippen molar-refractivity contribution in [3.8, 4) is 0 Å². The van der Waals surface area contributed by atoms with Gasteiger partial charge in [0.1, 0.15) is 6.79 Å². The Balaban J connectivity index is 3.71. The van der Waals surface area contributed by atoms with Gasteiger partial charge < -0.3 is 9.47 Å². The maximum Gasteiger partial charge on any atom is 0.147 e. The van der Waals surface area contributed by atoms with Crippen molar-refractivity contribution >= 4 is 0 Å². The molecule has 0 radical (unpaired) electrons.